The van der Waals surface area contributed by atoms with E-state index in [0.717, 1.165) is 18.5 Å². The lowest BCUT2D eigenvalue weighted by Gasteiger charge is -2.41. The molecule has 3 rings (SSSR count). The zero-order chi connectivity index (χ0) is 15.2. The van der Waals surface area contributed by atoms with E-state index in [1.807, 2.05) is 13.0 Å². The highest BCUT2D eigenvalue weighted by Gasteiger charge is 2.49. The number of hydrogen-bond acceptors (Lipinski definition) is 3. The molecule has 1 spiro atoms. The number of likely N-dealkylation sites (tertiary alicyclic amines) is 1. The van der Waals surface area contributed by atoms with Gasteiger partial charge in [0.2, 0.25) is 0 Å². The number of urea groups is 1. The monoisotopic (exact) mass is 290 g/mol. The highest BCUT2D eigenvalue weighted by Crippen LogP contribution is 2.47. The number of aryl methyl sites for hydroxylation is 1. The summed E-state index contributed by atoms with van der Waals surface area (Å²) < 4.78 is 1.53. The summed E-state index contributed by atoms with van der Waals surface area (Å²) in [6, 6.07) is 3.30. The Morgan fingerprint density at radius 1 is 1.43 bits per heavy atom. The van der Waals surface area contributed by atoms with Crippen LogP contribution >= 0.6 is 0 Å². The maximum Gasteiger partial charge on any atom is 0.322 e. The van der Waals surface area contributed by atoms with Crippen LogP contribution in [-0.4, -0.2) is 34.6 Å². The van der Waals surface area contributed by atoms with E-state index in [4.69, 9.17) is 5.73 Å². The van der Waals surface area contributed by atoms with Crippen molar-refractivity contribution in [3.8, 4) is 0 Å². The molecule has 2 amide bonds. The average molecular weight is 290 g/mol. The van der Waals surface area contributed by atoms with Gasteiger partial charge >= 0.3 is 6.03 Å². The minimum Gasteiger partial charge on any atom is -0.326 e. The Hall–Kier alpha value is -1.82. The molecule has 0 aromatic carbocycles. The Bertz CT molecular complexity index is 633. The number of pyridine rings is 1. The van der Waals surface area contributed by atoms with Gasteiger partial charge in [-0.05, 0) is 31.9 Å². The van der Waals surface area contributed by atoms with Crippen molar-refractivity contribution in [2.75, 3.05) is 18.4 Å². The fourth-order valence-corrected chi connectivity index (χ4v) is 3.32. The van der Waals surface area contributed by atoms with Crippen LogP contribution in [-0.2, 0) is 7.05 Å². The van der Waals surface area contributed by atoms with Crippen molar-refractivity contribution in [1.29, 1.82) is 0 Å². The van der Waals surface area contributed by atoms with Crippen LogP contribution in [0.15, 0.2) is 16.9 Å². The first-order chi connectivity index (χ1) is 9.93. The molecule has 2 heterocycles. The number of anilines is 1. The summed E-state index contributed by atoms with van der Waals surface area (Å²) >= 11 is 0. The molecular weight excluding hydrogens is 268 g/mol. The molecule has 6 heteroatoms. The molecule has 1 aromatic rings. The second-order valence-electron chi connectivity index (χ2n) is 6.39. The normalized spacial score (nSPS) is 23.2. The summed E-state index contributed by atoms with van der Waals surface area (Å²) in [6.45, 7) is 3.12. The van der Waals surface area contributed by atoms with Crippen molar-refractivity contribution in [2.45, 2.75) is 32.2 Å². The zero-order valence-electron chi connectivity index (χ0n) is 12.6. The van der Waals surface area contributed by atoms with Gasteiger partial charge in [0.05, 0.1) is 0 Å². The van der Waals surface area contributed by atoms with Crippen molar-refractivity contribution in [2.24, 2.45) is 18.2 Å². The highest BCUT2D eigenvalue weighted by atomic mass is 16.2. The summed E-state index contributed by atoms with van der Waals surface area (Å²) in [6.07, 6.45) is 3.40. The van der Waals surface area contributed by atoms with E-state index in [0.29, 0.717) is 18.8 Å². The van der Waals surface area contributed by atoms with E-state index in [1.165, 1.54) is 11.0 Å². The fourth-order valence-electron chi connectivity index (χ4n) is 3.32. The number of rotatable bonds is 1. The molecule has 1 aliphatic heterocycles. The zero-order valence-corrected chi connectivity index (χ0v) is 12.6. The number of nitrogens with two attached hydrogens (primary N) is 1. The maximum atomic E-state index is 12.3. The third kappa shape index (κ3) is 2.23. The molecular formula is C15H22N4O2. The fraction of sp³-hybridized carbons (Fsp3) is 0.600. The molecule has 21 heavy (non-hydrogen) atoms. The minimum atomic E-state index is -0.227. The molecule has 6 nitrogen and oxygen atoms in total. The van der Waals surface area contributed by atoms with Gasteiger partial charge in [-0.1, -0.05) is 6.42 Å². The lowest BCUT2D eigenvalue weighted by Crippen LogP contribution is -2.45. The molecule has 114 valence electrons. The molecule has 0 radical (unpaired) electrons. The Morgan fingerprint density at radius 3 is 2.71 bits per heavy atom. The summed E-state index contributed by atoms with van der Waals surface area (Å²) in [7, 11) is 1.70. The number of carbonyl (C=O) groups excluding carboxylic acids is 1. The predicted octanol–water partition coefficient (Wildman–Crippen LogP) is 1.04. The van der Waals surface area contributed by atoms with Crippen LogP contribution < -0.4 is 16.6 Å². The van der Waals surface area contributed by atoms with E-state index in [2.05, 4.69) is 5.32 Å². The summed E-state index contributed by atoms with van der Waals surface area (Å²) in [4.78, 5) is 26.2. The van der Waals surface area contributed by atoms with Crippen LogP contribution in [0.5, 0.6) is 0 Å². The third-order valence-electron chi connectivity index (χ3n) is 5.14. The molecule has 0 bridgehead atoms. The Kier molecular flexibility index (Phi) is 3.28. The number of aromatic nitrogens is 1. The van der Waals surface area contributed by atoms with E-state index in [1.54, 1.807) is 18.0 Å². The van der Waals surface area contributed by atoms with E-state index < -0.39 is 0 Å². The molecule has 1 aliphatic carbocycles. The molecule has 1 unspecified atom stereocenters. The van der Waals surface area contributed by atoms with Crippen molar-refractivity contribution in [1.82, 2.24) is 9.47 Å². The van der Waals surface area contributed by atoms with Crippen LogP contribution in [0.1, 0.15) is 25.0 Å². The standard InChI is InChI=1S/C15H22N4O2/c1-10-4-5-11(13(20)18(10)2)17-14(21)19-8-12(16)15(9-19)6-3-7-15/h4-5,12H,3,6-9,16H2,1-2H3,(H,17,21). The van der Waals surface area contributed by atoms with Gasteiger partial charge < -0.3 is 20.5 Å². The van der Waals surface area contributed by atoms with Crippen LogP contribution in [0.25, 0.3) is 0 Å². The first kappa shape index (κ1) is 14.1. The molecule has 3 N–H and O–H groups in total. The first-order valence-corrected chi connectivity index (χ1v) is 7.41. The van der Waals surface area contributed by atoms with E-state index in [9.17, 15) is 9.59 Å². The second kappa shape index (κ2) is 4.87. The summed E-state index contributed by atoms with van der Waals surface area (Å²) in [5, 5.41) is 2.72. The number of hydrogen-bond donors (Lipinski definition) is 2. The van der Waals surface area contributed by atoms with Crippen molar-refractivity contribution in [3.63, 3.8) is 0 Å². The highest BCUT2D eigenvalue weighted by molar-refractivity contribution is 5.89. The molecule has 1 saturated carbocycles. The van der Waals surface area contributed by atoms with Gasteiger partial charge in [0.15, 0.2) is 0 Å². The lowest BCUT2D eigenvalue weighted by molar-refractivity contribution is 0.127. The van der Waals surface area contributed by atoms with E-state index in [-0.39, 0.29) is 23.0 Å². The quantitative estimate of drug-likeness (QED) is 0.811. The molecule has 1 saturated heterocycles. The number of nitrogens with one attached hydrogen (secondary N) is 1. The van der Waals surface area contributed by atoms with Gasteiger partial charge in [-0.25, -0.2) is 4.79 Å². The van der Waals surface area contributed by atoms with Crippen LogP contribution in [0.3, 0.4) is 0 Å². The third-order valence-corrected chi connectivity index (χ3v) is 5.14. The topological polar surface area (TPSA) is 80.4 Å². The molecule has 2 aliphatic rings. The number of carbonyl (C=O) groups is 1. The van der Waals surface area contributed by atoms with Crippen molar-refractivity contribution in [3.05, 3.63) is 28.2 Å². The van der Waals surface area contributed by atoms with Crippen LogP contribution in [0, 0.1) is 12.3 Å². The van der Waals surface area contributed by atoms with Gasteiger partial charge in [0.25, 0.3) is 5.56 Å². The Morgan fingerprint density at radius 2 is 2.14 bits per heavy atom. The first-order valence-electron chi connectivity index (χ1n) is 7.41. The van der Waals surface area contributed by atoms with Crippen LogP contribution in [0.4, 0.5) is 10.5 Å². The van der Waals surface area contributed by atoms with Gasteiger partial charge in [-0.3, -0.25) is 4.79 Å². The van der Waals surface area contributed by atoms with Crippen LogP contribution in [0.2, 0.25) is 0 Å². The lowest BCUT2D eigenvalue weighted by atomic mass is 9.66. The maximum absolute atomic E-state index is 12.3. The summed E-state index contributed by atoms with van der Waals surface area (Å²) in [5.74, 6) is 0. The average Bonchev–Trinajstić information content (AvgIpc) is 2.77. The summed E-state index contributed by atoms with van der Waals surface area (Å²) in [5.41, 5.74) is 7.29. The SMILES string of the molecule is Cc1ccc(NC(=O)N2CC(N)C3(CCC3)C2)c(=O)n1C. The van der Waals surface area contributed by atoms with Gasteiger partial charge in [-0.15, -0.1) is 0 Å². The number of nitrogens with zero attached hydrogens (tertiary/aromatic N) is 2. The predicted molar refractivity (Wildman–Crippen MR) is 81.3 cm³/mol. The number of amides is 2. The van der Waals surface area contributed by atoms with Crippen molar-refractivity contribution >= 4 is 11.7 Å². The Labute approximate surface area is 123 Å². The smallest absolute Gasteiger partial charge is 0.322 e. The van der Waals surface area contributed by atoms with Gasteiger partial charge in [-0.2, -0.15) is 0 Å². The largest absolute Gasteiger partial charge is 0.326 e. The second-order valence-corrected chi connectivity index (χ2v) is 6.39. The van der Waals surface area contributed by atoms with Crippen molar-refractivity contribution < 1.29 is 4.79 Å². The molecule has 2 fully saturated rings. The molecule has 1 aromatic heterocycles. The van der Waals surface area contributed by atoms with Gasteiger partial charge in [0, 0.05) is 37.3 Å². The minimum absolute atomic E-state index is 0.0536. The molecule has 1 atom stereocenters. The Balaban J connectivity index is 1.73. The van der Waals surface area contributed by atoms with Gasteiger partial charge in [0.1, 0.15) is 5.69 Å². The van der Waals surface area contributed by atoms with E-state index >= 15 is 0 Å².